The number of fused-ring (bicyclic) bond motifs is 1. The molecule has 0 amide bonds. The lowest BCUT2D eigenvalue weighted by molar-refractivity contribution is -0.135. The molecule has 0 spiro atoms. The smallest absolute Gasteiger partial charge is 0.317 e. The number of carbonyl (C=O) groups is 1. The number of carboxylic acid groups (broad SMARTS) is 1. The maximum atomic E-state index is 10.3. The normalized spacial score (nSPS) is 10.9. The Kier molecular flexibility index (Phi) is 3.68. The second-order valence-electron chi connectivity index (χ2n) is 3.79. The fourth-order valence-corrected chi connectivity index (χ4v) is 1.63. The molecule has 0 aliphatic carbocycles. The molecule has 0 saturated heterocycles. The molecule has 96 valence electrons. The predicted octanol–water partition coefficient (Wildman–Crippen LogP) is -0.527. The molecule has 2 aromatic rings. The zero-order valence-corrected chi connectivity index (χ0v) is 9.70. The summed E-state index contributed by atoms with van der Waals surface area (Å²) in [5, 5.41) is 11.3. The van der Waals surface area contributed by atoms with Gasteiger partial charge in [-0.1, -0.05) is 0 Å². The van der Waals surface area contributed by atoms with Crippen molar-refractivity contribution < 1.29 is 9.90 Å². The van der Waals surface area contributed by atoms with E-state index in [2.05, 4.69) is 20.3 Å². The second kappa shape index (κ2) is 5.41. The van der Waals surface area contributed by atoms with Crippen molar-refractivity contribution in [3.05, 3.63) is 12.7 Å². The van der Waals surface area contributed by atoms with E-state index in [9.17, 15) is 4.79 Å². The first-order valence-corrected chi connectivity index (χ1v) is 5.52. The van der Waals surface area contributed by atoms with Gasteiger partial charge < -0.3 is 20.7 Å². The van der Waals surface area contributed by atoms with Crippen LogP contribution in [0.25, 0.3) is 11.2 Å². The van der Waals surface area contributed by atoms with E-state index in [1.54, 1.807) is 6.33 Å². The van der Waals surface area contributed by atoms with Crippen molar-refractivity contribution in [2.75, 3.05) is 18.8 Å². The standard InChI is InChI=1S/C10H14N6O2/c11-9-8-10(14-5-13-9)16(6-15-8)3-1-2-12-4-7(17)18/h5-6,12H,1-4H2,(H,17,18)(H2,11,13,14). The Balaban J connectivity index is 1.92. The number of rotatable bonds is 6. The van der Waals surface area contributed by atoms with Gasteiger partial charge in [0.1, 0.15) is 11.8 Å². The highest BCUT2D eigenvalue weighted by Crippen LogP contribution is 2.13. The third-order valence-electron chi connectivity index (χ3n) is 2.46. The lowest BCUT2D eigenvalue weighted by Crippen LogP contribution is -2.24. The van der Waals surface area contributed by atoms with Crippen molar-refractivity contribution in [1.82, 2.24) is 24.8 Å². The zero-order valence-electron chi connectivity index (χ0n) is 9.70. The van der Waals surface area contributed by atoms with Crippen LogP contribution < -0.4 is 11.1 Å². The Bertz CT molecular complexity index is 552. The lowest BCUT2D eigenvalue weighted by atomic mass is 10.4. The summed E-state index contributed by atoms with van der Waals surface area (Å²) in [6, 6.07) is 0. The Hall–Kier alpha value is -2.22. The van der Waals surface area contributed by atoms with E-state index in [0.717, 1.165) is 6.42 Å². The minimum Gasteiger partial charge on any atom is -0.480 e. The molecule has 0 aromatic carbocycles. The van der Waals surface area contributed by atoms with Crippen LogP contribution in [0.2, 0.25) is 0 Å². The van der Waals surface area contributed by atoms with E-state index in [0.29, 0.717) is 30.1 Å². The number of nitrogens with one attached hydrogen (secondary N) is 1. The molecule has 0 saturated carbocycles. The van der Waals surface area contributed by atoms with Gasteiger partial charge in [-0.25, -0.2) is 15.0 Å². The number of aliphatic carboxylic acids is 1. The molecule has 0 bridgehead atoms. The molecule has 2 aromatic heterocycles. The molecule has 0 radical (unpaired) electrons. The number of nitrogens with two attached hydrogens (primary N) is 1. The van der Waals surface area contributed by atoms with E-state index in [4.69, 9.17) is 10.8 Å². The van der Waals surface area contributed by atoms with Crippen molar-refractivity contribution in [2.45, 2.75) is 13.0 Å². The van der Waals surface area contributed by atoms with Gasteiger partial charge in [-0.05, 0) is 13.0 Å². The van der Waals surface area contributed by atoms with E-state index in [1.165, 1.54) is 6.33 Å². The van der Waals surface area contributed by atoms with Crippen LogP contribution in [-0.2, 0) is 11.3 Å². The first-order chi connectivity index (χ1) is 8.68. The van der Waals surface area contributed by atoms with Gasteiger partial charge >= 0.3 is 5.97 Å². The highest BCUT2D eigenvalue weighted by molar-refractivity contribution is 5.81. The average molecular weight is 250 g/mol. The van der Waals surface area contributed by atoms with E-state index >= 15 is 0 Å². The van der Waals surface area contributed by atoms with Crippen molar-refractivity contribution in [1.29, 1.82) is 0 Å². The summed E-state index contributed by atoms with van der Waals surface area (Å²) in [4.78, 5) is 22.4. The number of aromatic nitrogens is 4. The summed E-state index contributed by atoms with van der Waals surface area (Å²) in [6.07, 6.45) is 3.84. The van der Waals surface area contributed by atoms with E-state index in [1.807, 2.05) is 4.57 Å². The van der Waals surface area contributed by atoms with Gasteiger partial charge in [-0.2, -0.15) is 0 Å². The Labute approximate surface area is 103 Å². The molecular weight excluding hydrogens is 236 g/mol. The highest BCUT2D eigenvalue weighted by Gasteiger charge is 2.06. The topological polar surface area (TPSA) is 119 Å². The fraction of sp³-hybridized carbons (Fsp3) is 0.400. The average Bonchev–Trinajstić information content (AvgIpc) is 2.73. The number of aryl methyl sites for hydroxylation is 1. The zero-order chi connectivity index (χ0) is 13.0. The summed E-state index contributed by atoms with van der Waals surface area (Å²) in [5.74, 6) is -0.494. The minimum absolute atomic E-state index is 0.0280. The summed E-state index contributed by atoms with van der Waals surface area (Å²) < 4.78 is 1.87. The number of imidazole rings is 1. The van der Waals surface area contributed by atoms with Gasteiger partial charge in [0.25, 0.3) is 0 Å². The van der Waals surface area contributed by atoms with E-state index < -0.39 is 5.97 Å². The van der Waals surface area contributed by atoms with Crippen molar-refractivity contribution in [3.8, 4) is 0 Å². The number of hydrogen-bond acceptors (Lipinski definition) is 6. The second-order valence-corrected chi connectivity index (χ2v) is 3.79. The number of hydrogen-bond donors (Lipinski definition) is 3. The first-order valence-electron chi connectivity index (χ1n) is 5.52. The van der Waals surface area contributed by atoms with Crippen LogP contribution in [0, 0.1) is 0 Å². The molecule has 0 unspecified atom stereocenters. The van der Waals surface area contributed by atoms with Crippen molar-refractivity contribution in [2.24, 2.45) is 0 Å². The Morgan fingerprint density at radius 2 is 2.28 bits per heavy atom. The van der Waals surface area contributed by atoms with Gasteiger partial charge in [-0.3, -0.25) is 4.79 Å². The quantitative estimate of drug-likeness (QED) is 0.590. The molecule has 8 heteroatoms. The maximum Gasteiger partial charge on any atom is 0.317 e. The summed E-state index contributed by atoms with van der Waals surface area (Å²) in [6.45, 7) is 1.28. The van der Waals surface area contributed by atoms with Crippen LogP contribution in [0.5, 0.6) is 0 Å². The van der Waals surface area contributed by atoms with Gasteiger partial charge in [0, 0.05) is 6.54 Å². The largest absolute Gasteiger partial charge is 0.480 e. The molecule has 8 nitrogen and oxygen atoms in total. The van der Waals surface area contributed by atoms with Gasteiger partial charge in [0.05, 0.1) is 12.9 Å². The van der Waals surface area contributed by atoms with Crippen LogP contribution in [0.3, 0.4) is 0 Å². The molecule has 0 aliphatic heterocycles. The predicted molar refractivity (Wildman–Crippen MR) is 64.9 cm³/mol. The number of nitrogens with zero attached hydrogens (tertiary/aromatic N) is 4. The third kappa shape index (κ3) is 2.72. The number of nitrogen functional groups attached to an aromatic ring is 1. The third-order valence-corrected chi connectivity index (χ3v) is 2.46. The molecule has 0 aliphatic rings. The van der Waals surface area contributed by atoms with E-state index in [-0.39, 0.29) is 6.54 Å². The van der Waals surface area contributed by atoms with Crippen LogP contribution in [0.15, 0.2) is 12.7 Å². The number of carboxylic acids is 1. The Morgan fingerprint density at radius 3 is 3.06 bits per heavy atom. The van der Waals surface area contributed by atoms with Crippen molar-refractivity contribution >= 4 is 23.0 Å². The minimum atomic E-state index is -0.858. The molecule has 4 N–H and O–H groups in total. The summed E-state index contributed by atoms with van der Waals surface area (Å²) in [7, 11) is 0. The van der Waals surface area contributed by atoms with Crippen molar-refractivity contribution in [3.63, 3.8) is 0 Å². The van der Waals surface area contributed by atoms with Gasteiger partial charge in [0.2, 0.25) is 0 Å². The van der Waals surface area contributed by atoms with Crippen LogP contribution in [-0.4, -0.2) is 43.7 Å². The van der Waals surface area contributed by atoms with Crippen LogP contribution >= 0.6 is 0 Å². The SMILES string of the molecule is Nc1ncnc2c1ncn2CCCNCC(=O)O. The van der Waals surface area contributed by atoms with Crippen LogP contribution in [0.1, 0.15) is 6.42 Å². The summed E-state index contributed by atoms with van der Waals surface area (Å²) in [5.41, 5.74) is 6.96. The molecule has 18 heavy (non-hydrogen) atoms. The molecular formula is C10H14N6O2. The molecule has 2 rings (SSSR count). The molecule has 0 fully saturated rings. The molecule has 0 atom stereocenters. The Morgan fingerprint density at radius 1 is 1.44 bits per heavy atom. The molecule has 2 heterocycles. The van der Waals surface area contributed by atoms with Gasteiger partial charge in [-0.15, -0.1) is 0 Å². The fourth-order valence-electron chi connectivity index (χ4n) is 1.63. The lowest BCUT2D eigenvalue weighted by Gasteiger charge is -2.04. The first kappa shape index (κ1) is 12.2. The van der Waals surface area contributed by atoms with Crippen LogP contribution in [0.4, 0.5) is 5.82 Å². The number of anilines is 1. The monoisotopic (exact) mass is 250 g/mol. The maximum absolute atomic E-state index is 10.3. The summed E-state index contributed by atoms with van der Waals surface area (Å²) >= 11 is 0. The highest BCUT2D eigenvalue weighted by atomic mass is 16.4. The van der Waals surface area contributed by atoms with Gasteiger partial charge in [0.15, 0.2) is 11.5 Å².